The smallest absolute Gasteiger partial charge is 0.356 e. The van der Waals surface area contributed by atoms with Crippen molar-refractivity contribution in [1.29, 1.82) is 0 Å². The standard InChI is InChI=1S/Al.2NO3.Ni/c;2*2-1(3)4;/q+3;2*-1;+2. The van der Waals surface area contributed by atoms with E-state index in [1.54, 1.807) is 0 Å². The van der Waals surface area contributed by atoms with Crippen molar-refractivity contribution < 1.29 is 26.7 Å². The van der Waals surface area contributed by atoms with Crippen LogP contribution >= 0.6 is 0 Å². The minimum absolute atomic E-state index is 0. The number of hydrogen-bond donors (Lipinski definition) is 0. The molecule has 0 heterocycles. The maximum atomic E-state index is 8.25. The van der Waals surface area contributed by atoms with Gasteiger partial charge in [-0.1, -0.05) is 0 Å². The average Bonchev–Trinajstić information content (AvgIpc) is 1.25. The fourth-order valence-corrected chi connectivity index (χ4v) is 0. The van der Waals surface area contributed by atoms with E-state index >= 15 is 0 Å². The molecule has 0 fully saturated rings. The quantitative estimate of drug-likeness (QED) is 0.290. The zero-order valence-corrected chi connectivity index (χ0v) is 6.38. The van der Waals surface area contributed by atoms with Crippen LogP contribution in [0.3, 0.4) is 0 Å². The van der Waals surface area contributed by atoms with Gasteiger partial charge in [-0.05, 0) is 0 Å². The van der Waals surface area contributed by atoms with Gasteiger partial charge in [0.25, 0.3) is 0 Å². The minimum Gasteiger partial charge on any atom is -0.356 e. The molecule has 0 saturated carbocycles. The maximum absolute atomic E-state index is 8.25. The zero-order valence-electron chi connectivity index (χ0n) is 4.24. The largest absolute Gasteiger partial charge is 3.00 e. The van der Waals surface area contributed by atoms with Crippen molar-refractivity contribution in [2.24, 2.45) is 0 Å². The van der Waals surface area contributed by atoms with E-state index in [0.29, 0.717) is 0 Å². The van der Waals surface area contributed by atoms with Gasteiger partial charge in [0.15, 0.2) is 0 Å². The van der Waals surface area contributed by atoms with Gasteiger partial charge in [0, 0.05) is 0 Å². The van der Waals surface area contributed by atoms with E-state index < -0.39 is 10.2 Å². The molecule has 0 N–H and O–H groups in total. The molecule has 0 bridgehead atoms. The van der Waals surface area contributed by atoms with Crippen LogP contribution in [0.25, 0.3) is 0 Å². The molecule has 8 nitrogen and oxygen atoms in total. The van der Waals surface area contributed by atoms with Crippen molar-refractivity contribution in [3.63, 3.8) is 0 Å². The summed E-state index contributed by atoms with van der Waals surface area (Å²) in [6.07, 6.45) is 0. The SMILES string of the molecule is O=[N+]([O-])[O-].O=[N+]([O-])[O-].[Al+3].[Ni+2]. The van der Waals surface area contributed by atoms with Gasteiger partial charge in [0.2, 0.25) is 0 Å². The first-order valence-electron chi connectivity index (χ1n) is 1.10. The third-order valence-electron chi connectivity index (χ3n) is 0. The minimum atomic E-state index is -1.75. The molecule has 10 heteroatoms. The molecular weight excluding hydrogens is 210 g/mol. The Kier molecular flexibility index (Phi) is 35.9. The summed E-state index contributed by atoms with van der Waals surface area (Å²) in [6, 6.07) is 0. The van der Waals surface area contributed by atoms with Crippen molar-refractivity contribution in [2.45, 2.75) is 0 Å². The summed E-state index contributed by atoms with van der Waals surface area (Å²) in [5.74, 6) is 0. The van der Waals surface area contributed by atoms with E-state index in [1.807, 2.05) is 0 Å². The summed E-state index contributed by atoms with van der Waals surface area (Å²) in [7, 11) is 0. The molecule has 0 aliphatic carbocycles. The molecule has 0 atom stereocenters. The first-order valence-corrected chi connectivity index (χ1v) is 1.10. The average molecular weight is 210 g/mol. The fourth-order valence-electron chi connectivity index (χ4n) is 0. The summed E-state index contributed by atoms with van der Waals surface area (Å²) < 4.78 is 0. The molecule has 0 unspecified atom stereocenters. The molecule has 0 aromatic carbocycles. The Morgan fingerprint density at radius 3 is 0.800 bits per heavy atom. The van der Waals surface area contributed by atoms with Crippen molar-refractivity contribution >= 4 is 17.4 Å². The van der Waals surface area contributed by atoms with Crippen molar-refractivity contribution in [3.05, 3.63) is 30.6 Å². The first kappa shape index (κ1) is 22.7. The Hall–Kier alpha value is -0.574. The molecule has 0 spiro atoms. The Labute approximate surface area is 75.1 Å². The van der Waals surface area contributed by atoms with E-state index in [4.69, 9.17) is 30.6 Å². The van der Waals surface area contributed by atoms with Crippen LogP contribution in [0.1, 0.15) is 0 Å². The molecule has 0 amide bonds. The van der Waals surface area contributed by atoms with Gasteiger partial charge in [-0.15, -0.1) is 0 Å². The second-order valence-corrected chi connectivity index (χ2v) is 0.447. The molecule has 56 valence electrons. The van der Waals surface area contributed by atoms with E-state index in [0.717, 1.165) is 0 Å². The molecule has 10 heavy (non-hydrogen) atoms. The molecule has 0 aliphatic rings. The third-order valence-corrected chi connectivity index (χ3v) is 0. The predicted molar refractivity (Wildman–Crippen MR) is 26.5 cm³/mol. The van der Waals surface area contributed by atoms with Crippen molar-refractivity contribution in [1.82, 2.24) is 0 Å². The van der Waals surface area contributed by atoms with Gasteiger partial charge in [-0.3, -0.25) is 0 Å². The summed E-state index contributed by atoms with van der Waals surface area (Å²) in [4.78, 5) is 16.5. The van der Waals surface area contributed by atoms with E-state index in [1.165, 1.54) is 0 Å². The van der Waals surface area contributed by atoms with Crippen molar-refractivity contribution in [3.8, 4) is 0 Å². The van der Waals surface area contributed by atoms with Crippen LogP contribution in [0.4, 0.5) is 0 Å². The Morgan fingerprint density at radius 2 is 0.800 bits per heavy atom. The molecule has 0 aliphatic heterocycles. The second-order valence-electron chi connectivity index (χ2n) is 0.447. The van der Waals surface area contributed by atoms with Gasteiger partial charge in [0.05, 0.1) is 10.2 Å². The van der Waals surface area contributed by atoms with Gasteiger partial charge < -0.3 is 30.6 Å². The topological polar surface area (TPSA) is 132 Å². The van der Waals surface area contributed by atoms with Gasteiger partial charge in [-0.25, -0.2) is 0 Å². The van der Waals surface area contributed by atoms with Crippen LogP contribution in [0, 0.1) is 30.6 Å². The summed E-state index contributed by atoms with van der Waals surface area (Å²) in [5, 5.41) is 29.5. The van der Waals surface area contributed by atoms with Crippen LogP contribution in [0.15, 0.2) is 0 Å². The molecular formula is AlN2NiO6+3. The Balaban J connectivity index is -0.0000000300. The summed E-state index contributed by atoms with van der Waals surface area (Å²) >= 11 is 0. The Bertz CT molecular complexity index is 73.7. The van der Waals surface area contributed by atoms with Crippen LogP contribution in [-0.4, -0.2) is 27.5 Å². The van der Waals surface area contributed by atoms with Crippen molar-refractivity contribution in [2.75, 3.05) is 0 Å². The predicted octanol–water partition coefficient (Wildman–Crippen LogP) is -0.862. The van der Waals surface area contributed by atoms with E-state index in [2.05, 4.69) is 0 Å². The van der Waals surface area contributed by atoms with Gasteiger partial charge in [-0.2, -0.15) is 0 Å². The molecule has 0 radical (unpaired) electrons. The normalized spacial score (nSPS) is 4.80. The van der Waals surface area contributed by atoms with Gasteiger partial charge in [0.1, 0.15) is 0 Å². The summed E-state index contributed by atoms with van der Waals surface area (Å²) in [5.41, 5.74) is 0. The van der Waals surface area contributed by atoms with Crippen LogP contribution < -0.4 is 0 Å². The second kappa shape index (κ2) is 15.8. The third kappa shape index (κ3) is 931. The zero-order chi connectivity index (χ0) is 7.15. The van der Waals surface area contributed by atoms with Crippen LogP contribution in [0.5, 0.6) is 0 Å². The van der Waals surface area contributed by atoms with E-state index in [9.17, 15) is 0 Å². The molecule has 0 aromatic heterocycles. The number of rotatable bonds is 0. The maximum Gasteiger partial charge on any atom is 3.00 e. The van der Waals surface area contributed by atoms with Gasteiger partial charge >= 0.3 is 33.9 Å². The molecule has 0 aromatic rings. The number of hydrogen-bond acceptors (Lipinski definition) is 6. The molecule has 0 saturated heterocycles. The van der Waals surface area contributed by atoms with Crippen LogP contribution in [0.2, 0.25) is 0 Å². The summed E-state index contributed by atoms with van der Waals surface area (Å²) in [6.45, 7) is 0. The van der Waals surface area contributed by atoms with E-state index in [-0.39, 0.29) is 33.9 Å². The Morgan fingerprint density at radius 1 is 0.800 bits per heavy atom. The molecule has 0 rings (SSSR count). The first-order chi connectivity index (χ1) is 3.46. The monoisotopic (exact) mass is 209 g/mol. The number of nitrogens with zero attached hydrogens (tertiary/aromatic N) is 2. The van der Waals surface area contributed by atoms with Crippen LogP contribution in [-0.2, 0) is 16.5 Å². The fraction of sp³-hybridized carbons (Fsp3) is 0.